The Kier molecular flexibility index (Phi) is 4.20. The van der Waals surface area contributed by atoms with Crippen molar-refractivity contribution >= 4 is 0 Å². The first-order chi connectivity index (χ1) is 10.0. The number of nitriles is 1. The molecule has 0 aromatic heterocycles. The second-order valence-corrected chi connectivity index (χ2v) is 4.55. The lowest BCUT2D eigenvalue weighted by Crippen LogP contribution is -2.27. The van der Waals surface area contributed by atoms with Crippen molar-refractivity contribution in [3.63, 3.8) is 0 Å². The van der Waals surface area contributed by atoms with E-state index in [4.69, 9.17) is 10.00 Å². The smallest absolute Gasteiger partial charge is 0.165 e. The van der Waals surface area contributed by atoms with Gasteiger partial charge in [0.1, 0.15) is 11.4 Å². The molecule has 0 amide bonds. The van der Waals surface area contributed by atoms with E-state index in [9.17, 15) is 13.9 Å². The Morgan fingerprint density at radius 3 is 2.48 bits per heavy atom. The molecule has 3 nitrogen and oxygen atoms in total. The average molecular weight is 289 g/mol. The van der Waals surface area contributed by atoms with Crippen molar-refractivity contribution in [3.8, 4) is 11.8 Å². The molecule has 1 N–H and O–H groups in total. The third-order valence-corrected chi connectivity index (χ3v) is 3.27. The molecule has 0 aliphatic carbocycles. The third-order valence-electron chi connectivity index (χ3n) is 3.27. The van der Waals surface area contributed by atoms with Crippen molar-refractivity contribution in [1.29, 1.82) is 5.26 Å². The fraction of sp³-hybridized carbons (Fsp3) is 0.188. The molecular formula is C16H13F2NO2. The van der Waals surface area contributed by atoms with Crippen LogP contribution >= 0.6 is 0 Å². The van der Waals surface area contributed by atoms with E-state index in [1.807, 2.05) is 6.07 Å². The van der Waals surface area contributed by atoms with Gasteiger partial charge in [-0.15, -0.1) is 0 Å². The molecular weight excluding hydrogens is 276 g/mol. The maximum atomic E-state index is 13.8. The fourth-order valence-corrected chi connectivity index (χ4v) is 2.15. The van der Waals surface area contributed by atoms with Gasteiger partial charge in [-0.3, -0.25) is 0 Å². The number of hydrogen-bond acceptors (Lipinski definition) is 3. The molecule has 0 radical (unpaired) electrons. The molecule has 0 aliphatic rings. The van der Waals surface area contributed by atoms with E-state index < -0.39 is 17.2 Å². The minimum Gasteiger partial charge on any atom is -0.494 e. The first-order valence-electron chi connectivity index (χ1n) is 6.20. The van der Waals surface area contributed by atoms with Crippen molar-refractivity contribution in [2.45, 2.75) is 12.0 Å². The highest BCUT2D eigenvalue weighted by Crippen LogP contribution is 2.35. The Hall–Kier alpha value is -2.45. The molecule has 0 heterocycles. The van der Waals surface area contributed by atoms with E-state index >= 15 is 0 Å². The van der Waals surface area contributed by atoms with Gasteiger partial charge in [0.2, 0.25) is 0 Å². The predicted molar refractivity (Wildman–Crippen MR) is 72.6 cm³/mol. The highest BCUT2D eigenvalue weighted by molar-refractivity contribution is 5.40. The van der Waals surface area contributed by atoms with E-state index in [-0.39, 0.29) is 23.3 Å². The summed E-state index contributed by atoms with van der Waals surface area (Å²) in [6.07, 6.45) is -0.331. The van der Waals surface area contributed by atoms with Crippen molar-refractivity contribution in [3.05, 3.63) is 65.2 Å². The van der Waals surface area contributed by atoms with Crippen molar-refractivity contribution in [2.75, 3.05) is 7.11 Å². The molecule has 0 fully saturated rings. The summed E-state index contributed by atoms with van der Waals surface area (Å²) < 4.78 is 32.0. The van der Waals surface area contributed by atoms with E-state index in [0.29, 0.717) is 0 Å². The Morgan fingerprint density at radius 1 is 1.19 bits per heavy atom. The van der Waals surface area contributed by atoms with Gasteiger partial charge in [-0.05, 0) is 35.4 Å². The normalized spacial score (nSPS) is 13.3. The zero-order valence-electron chi connectivity index (χ0n) is 11.3. The van der Waals surface area contributed by atoms with Crippen molar-refractivity contribution in [2.24, 2.45) is 0 Å². The van der Waals surface area contributed by atoms with Gasteiger partial charge in [0.25, 0.3) is 0 Å². The second kappa shape index (κ2) is 5.90. The summed E-state index contributed by atoms with van der Waals surface area (Å²) in [5, 5.41) is 19.7. The number of hydrogen-bond donors (Lipinski definition) is 1. The monoisotopic (exact) mass is 289 g/mol. The number of nitrogens with zero attached hydrogens (tertiary/aromatic N) is 1. The molecule has 0 spiro atoms. The summed E-state index contributed by atoms with van der Waals surface area (Å²) in [4.78, 5) is 0. The molecule has 2 aromatic carbocycles. The maximum Gasteiger partial charge on any atom is 0.165 e. The summed E-state index contributed by atoms with van der Waals surface area (Å²) in [5.74, 6) is -1.18. The van der Waals surface area contributed by atoms with Crippen molar-refractivity contribution in [1.82, 2.24) is 0 Å². The molecule has 108 valence electrons. The second-order valence-electron chi connectivity index (χ2n) is 4.55. The van der Waals surface area contributed by atoms with Crippen LogP contribution in [-0.4, -0.2) is 12.2 Å². The van der Waals surface area contributed by atoms with Crippen molar-refractivity contribution < 1.29 is 18.6 Å². The molecule has 2 rings (SSSR count). The van der Waals surface area contributed by atoms with Crippen LogP contribution in [0.3, 0.4) is 0 Å². The topological polar surface area (TPSA) is 53.2 Å². The van der Waals surface area contributed by atoms with Gasteiger partial charge in [0.15, 0.2) is 11.6 Å². The molecule has 21 heavy (non-hydrogen) atoms. The number of ether oxygens (including phenoxy) is 1. The van der Waals surface area contributed by atoms with Crippen LogP contribution in [-0.2, 0) is 5.60 Å². The molecule has 0 saturated heterocycles. The molecule has 0 aliphatic heterocycles. The van der Waals surface area contributed by atoms with Crippen LogP contribution in [0.4, 0.5) is 8.78 Å². The number of rotatable bonds is 4. The summed E-state index contributed by atoms with van der Waals surface area (Å²) in [7, 11) is 1.33. The highest BCUT2D eigenvalue weighted by Gasteiger charge is 2.32. The summed E-state index contributed by atoms with van der Waals surface area (Å²) in [5.41, 5.74) is -1.44. The fourth-order valence-electron chi connectivity index (χ4n) is 2.15. The standard InChI is InChI=1S/C16H13F2NO2/c1-21-15-6-5-12(10-14(15)18)16(20,7-8-19)11-3-2-4-13(17)9-11/h2-6,9-10,20H,7H2,1H3/t16-/m1/s1. The van der Waals surface area contributed by atoms with Gasteiger partial charge in [0, 0.05) is 0 Å². The first kappa shape index (κ1) is 14.9. The summed E-state index contributed by atoms with van der Waals surface area (Å²) in [6.45, 7) is 0. The van der Waals surface area contributed by atoms with Gasteiger partial charge >= 0.3 is 0 Å². The van der Waals surface area contributed by atoms with Gasteiger partial charge in [-0.2, -0.15) is 5.26 Å². The molecule has 1 atom stereocenters. The predicted octanol–water partition coefficient (Wildman–Crippen LogP) is 3.12. The minimum absolute atomic E-state index is 0.0253. The Labute approximate surface area is 121 Å². The zero-order valence-corrected chi connectivity index (χ0v) is 11.3. The Morgan fingerprint density at radius 2 is 1.90 bits per heavy atom. The Balaban J connectivity index is 2.57. The number of aliphatic hydroxyl groups is 1. The third kappa shape index (κ3) is 2.86. The average Bonchev–Trinajstić information content (AvgIpc) is 2.47. The van der Waals surface area contributed by atoms with E-state index in [2.05, 4.69) is 0 Å². The number of methoxy groups -OCH3 is 1. The maximum absolute atomic E-state index is 13.8. The molecule has 5 heteroatoms. The Bertz CT molecular complexity index is 697. The van der Waals surface area contributed by atoms with Crippen LogP contribution in [0.25, 0.3) is 0 Å². The van der Waals surface area contributed by atoms with E-state index in [0.717, 1.165) is 12.1 Å². The lowest BCUT2D eigenvalue weighted by atomic mass is 9.84. The van der Waals surface area contributed by atoms with Gasteiger partial charge in [-0.1, -0.05) is 18.2 Å². The molecule has 0 bridgehead atoms. The van der Waals surface area contributed by atoms with Crippen LogP contribution in [0.2, 0.25) is 0 Å². The van der Waals surface area contributed by atoms with Crippen LogP contribution in [0.15, 0.2) is 42.5 Å². The first-order valence-corrected chi connectivity index (χ1v) is 6.20. The number of benzene rings is 2. The van der Waals surface area contributed by atoms with E-state index in [1.54, 1.807) is 0 Å². The van der Waals surface area contributed by atoms with Crippen LogP contribution < -0.4 is 4.74 Å². The largest absolute Gasteiger partial charge is 0.494 e. The minimum atomic E-state index is -1.79. The SMILES string of the molecule is COc1ccc([C@@](O)(CC#N)c2cccc(F)c2)cc1F. The van der Waals surface area contributed by atoms with Gasteiger partial charge < -0.3 is 9.84 Å². The van der Waals surface area contributed by atoms with Gasteiger partial charge in [-0.25, -0.2) is 8.78 Å². The van der Waals surface area contributed by atoms with Crippen LogP contribution in [0.5, 0.6) is 5.75 Å². The van der Waals surface area contributed by atoms with Gasteiger partial charge in [0.05, 0.1) is 19.6 Å². The number of halogens is 2. The lowest BCUT2D eigenvalue weighted by molar-refractivity contribution is 0.0852. The van der Waals surface area contributed by atoms with E-state index in [1.165, 1.54) is 37.4 Å². The quantitative estimate of drug-likeness (QED) is 0.940. The highest BCUT2D eigenvalue weighted by atomic mass is 19.1. The molecule has 0 saturated carbocycles. The molecule has 0 unspecified atom stereocenters. The lowest BCUT2D eigenvalue weighted by Gasteiger charge is -2.27. The summed E-state index contributed by atoms with van der Waals surface area (Å²) >= 11 is 0. The summed E-state index contributed by atoms with van der Waals surface area (Å²) in [6, 6.07) is 11.0. The molecule has 2 aromatic rings. The van der Waals surface area contributed by atoms with Crippen LogP contribution in [0.1, 0.15) is 17.5 Å². The van der Waals surface area contributed by atoms with Crippen LogP contribution in [0, 0.1) is 23.0 Å². The zero-order chi connectivity index (χ0) is 15.5.